The van der Waals surface area contributed by atoms with E-state index in [2.05, 4.69) is 19.9 Å². The van der Waals surface area contributed by atoms with Gasteiger partial charge in [-0.05, 0) is 24.6 Å². The number of benzene rings is 1. The van der Waals surface area contributed by atoms with Crippen molar-refractivity contribution in [3.05, 3.63) is 30.0 Å². The van der Waals surface area contributed by atoms with Crippen molar-refractivity contribution in [1.82, 2.24) is 19.9 Å². The maximum atomic E-state index is 11.6. The molecule has 0 bridgehead atoms. The lowest BCUT2D eigenvalue weighted by Crippen LogP contribution is -2.40. The normalized spacial score (nSPS) is 17.1. The Bertz CT molecular complexity index is 1050. The maximum absolute atomic E-state index is 11.6. The van der Waals surface area contributed by atoms with E-state index < -0.39 is 9.84 Å². The molecule has 0 saturated carbocycles. The van der Waals surface area contributed by atoms with Crippen molar-refractivity contribution in [3.63, 3.8) is 0 Å². The van der Waals surface area contributed by atoms with E-state index in [0.717, 1.165) is 16.6 Å². The van der Waals surface area contributed by atoms with Crippen LogP contribution >= 0.6 is 0 Å². The highest BCUT2D eigenvalue weighted by Gasteiger charge is 2.23. The van der Waals surface area contributed by atoms with Crippen LogP contribution in [0.3, 0.4) is 0 Å². The van der Waals surface area contributed by atoms with Crippen molar-refractivity contribution >= 4 is 32.5 Å². The molecule has 130 valence electrons. The molecule has 0 radical (unpaired) electrons. The van der Waals surface area contributed by atoms with E-state index in [0.29, 0.717) is 30.4 Å². The minimum atomic E-state index is -2.95. The van der Waals surface area contributed by atoms with Crippen molar-refractivity contribution in [3.8, 4) is 11.5 Å². The first-order valence-corrected chi connectivity index (χ1v) is 9.78. The van der Waals surface area contributed by atoms with Crippen LogP contribution in [0.25, 0.3) is 22.6 Å². The molecule has 8 nitrogen and oxygen atoms in total. The Hall–Kier alpha value is -2.68. The standard InChI is InChI=1S/C16H18N6O2S/c1-10-2-3-11-12(8-10)20-16(19-11)14-15(17)18-9-13(21-14)22-4-6-25(23,24)7-5-22/h2-3,8-9H,4-7H2,1H3,(H2,17,18)(H,19,20). The van der Waals surface area contributed by atoms with E-state index in [1.54, 1.807) is 6.20 Å². The zero-order valence-electron chi connectivity index (χ0n) is 13.7. The molecule has 0 atom stereocenters. The number of aryl methyl sites for hydroxylation is 1. The number of anilines is 2. The van der Waals surface area contributed by atoms with Gasteiger partial charge in [0.2, 0.25) is 0 Å². The van der Waals surface area contributed by atoms with E-state index >= 15 is 0 Å². The van der Waals surface area contributed by atoms with Gasteiger partial charge in [-0.1, -0.05) is 6.07 Å². The summed E-state index contributed by atoms with van der Waals surface area (Å²) < 4.78 is 23.2. The lowest BCUT2D eigenvalue weighted by atomic mass is 10.2. The molecule has 3 heterocycles. The van der Waals surface area contributed by atoms with Gasteiger partial charge in [0, 0.05) is 13.1 Å². The van der Waals surface area contributed by atoms with Crippen LogP contribution in [0.15, 0.2) is 24.4 Å². The van der Waals surface area contributed by atoms with E-state index in [4.69, 9.17) is 5.73 Å². The lowest BCUT2D eigenvalue weighted by molar-refractivity contribution is 0.586. The first-order chi connectivity index (χ1) is 11.9. The van der Waals surface area contributed by atoms with Gasteiger partial charge in [-0.25, -0.2) is 23.4 Å². The Morgan fingerprint density at radius 1 is 1.20 bits per heavy atom. The number of aromatic amines is 1. The van der Waals surface area contributed by atoms with Gasteiger partial charge in [-0.15, -0.1) is 0 Å². The molecule has 1 aromatic carbocycles. The molecule has 1 saturated heterocycles. The third kappa shape index (κ3) is 3.02. The molecule has 9 heteroatoms. The molecular formula is C16H18N6O2S. The Labute approximate surface area is 145 Å². The van der Waals surface area contributed by atoms with Gasteiger partial charge in [0.15, 0.2) is 27.2 Å². The van der Waals surface area contributed by atoms with Crippen LogP contribution in [0.4, 0.5) is 11.6 Å². The Kier molecular flexibility index (Phi) is 3.60. The molecule has 3 N–H and O–H groups in total. The maximum Gasteiger partial charge on any atom is 0.161 e. The smallest absolute Gasteiger partial charge is 0.161 e. The first kappa shape index (κ1) is 15.8. The molecule has 1 fully saturated rings. The third-order valence-electron chi connectivity index (χ3n) is 4.32. The van der Waals surface area contributed by atoms with Gasteiger partial charge in [0.05, 0.1) is 28.7 Å². The summed E-state index contributed by atoms with van der Waals surface area (Å²) in [6, 6.07) is 5.94. The summed E-state index contributed by atoms with van der Waals surface area (Å²) in [5, 5.41) is 0. The number of nitrogens with zero attached hydrogens (tertiary/aromatic N) is 4. The zero-order valence-corrected chi connectivity index (χ0v) is 14.5. The third-order valence-corrected chi connectivity index (χ3v) is 5.93. The highest BCUT2D eigenvalue weighted by molar-refractivity contribution is 7.91. The molecule has 1 aliphatic rings. The number of imidazole rings is 1. The predicted molar refractivity (Wildman–Crippen MR) is 97.1 cm³/mol. The zero-order chi connectivity index (χ0) is 17.6. The van der Waals surface area contributed by atoms with Crippen LogP contribution in [0.5, 0.6) is 0 Å². The van der Waals surface area contributed by atoms with Crippen LogP contribution in [-0.4, -0.2) is 52.9 Å². The van der Waals surface area contributed by atoms with Crippen molar-refractivity contribution in [2.75, 3.05) is 35.2 Å². The molecule has 4 rings (SSSR count). The predicted octanol–water partition coefficient (Wildman–Crippen LogP) is 1.15. The van der Waals surface area contributed by atoms with Crippen LogP contribution in [0.2, 0.25) is 0 Å². The van der Waals surface area contributed by atoms with Gasteiger partial charge >= 0.3 is 0 Å². The van der Waals surface area contributed by atoms with Crippen LogP contribution in [0.1, 0.15) is 5.56 Å². The van der Waals surface area contributed by atoms with Gasteiger partial charge in [0.1, 0.15) is 5.82 Å². The number of hydrogen-bond donors (Lipinski definition) is 2. The second kappa shape index (κ2) is 5.69. The van der Waals surface area contributed by atoms with Crippen molar-refractivity contribution in [2.24, 2.45) is 0 Å². The highest BCUT2D eigenvalue weighted by atomic mass is 32.2. The number of nitrogens with one attached hydrogen (secondary N) is 1. The van der Waals surface area contributed by atoms with Crippen LogP contribution in [0, 0.1) is 6.92 Å². The highest BCUT2D eigenvalue weighted by Crippen LogP contribution is 2.26. The Balaban J connectivity index is 1.72. The average molecular weight is 358 g/mol. The summed E-state index contributed by atoms with van der Waals surface area (Å²) in [5.74, 6) is 1.69. The summed E-state index contributed by atoms with van der Waals surface area (Å²) in [6.45, 7) is 2.82. The summed E-state index contributed by atoms with van der Waals surface area (Å²) in [5.41, 5.74) is 9.34. The summed E-state index contributed by atoms with van der Waals surface area (Å²) in [7, 11) is -2.95. The molecule has 1 aliphatic heterocycles. The fraction of sp³-hybridized carbons (Fsp3) is 0.312. The SMILES string of the molecule is Cc1ccc2nc(-c3nc(N4CCS(=O)(=O)CC4)cnc3N)[nH]c2c1. The number of aromatic nitrogens is 4. The minimum absolute atomic E-state index is 0.123. The lowest BCUT2D eigenvalue weighted by Gasteiger charge is -2.27. The average Bonchev–Trinajstić information content (AvgIpc) is 2.98. The van der Waals surface area contributed by atoms with Gasteiger partial charge in [-0.3, -0.25) is 0 Å². The number of hydrogen-bond acceptors (Lipinski definition) is 7. The van der Waals surface area contributed by atoms with Crippen LogP contribution in [-0.2, 0) is 9.84 Å². The second-order valence-electron chi connectivity index (χ2n) is 6.21. The van der Waals surface area contributed by atoms with E-state index in [1.807, 2.05) is 30.0 Å². The quantitative estimate of drug-likeness (QED) is 0.705. The molecule has 0 unspecified atom stereocenters. The number of sulfone groups is 1. The summed E-state index contributed by atoms with van der Waals surface area (Å²) in [4.78, 5) is 18.5. The molecule has 0 aliphatic carbocycles. The van der Waals surface area contributed by atoms with E-state index in [9.17, 15) is 8.42 Å². The molecule has 3 aromatic rings. The summed E-state index contributed by atoms with van der Waals surface area (Å²) in [6.07, 6.45) is 1.57. The summed E-state index contributed by atoms with van der Waals surface area (Å²) >= 11 is 0. The van der Waals surface area contributed by atoms with Gasteiger partial charge in [0.25, 0.3) is 0 Å². The van der Waals surface area contributed by atoms with Crippen molar-refractivity contribution < 1.29 is 8.42 Å². The number of H-pyrrole nitrogens is 1. The van der Waals surface area contributed by atoms with E-state index in [1.165, 1.54) is 0 Å². The second-order valence-corrected chi connectivity index (χ2v) is 8.51. The monoisotopic (exact) mass is 358 g/mol. The molecular weight excluding hydrogens is 340 g/mol. The number of nitrogen functional groups attached to an aromatic ring is 1. The first-order valence-electron chi connectivity index (χ1n) is 7.96. The number of rotatable bonds is 2. The number of nitrogens with two attached hydrogens (primary N) is 1. The molecule has 2 aromatic heterocycles. The number of fused-ring (bicyclic) bond motifs is 1. The molecule has 0 spiro atoms. The Morgan fingerprint density at radius 3 is 2.72 bits per heavy atom. The van der Waals surface area contributed by atoms with Crippen molar-refractivity contribution in [1.29, 1.82) is 0 Å². The minimum Gasteiger partial charge on any atom is -0.382 e. The largest absolute Gasteiger partial charge is 0.382 e. The van der Waals surface area contributed by atoms with Crippen LogP contribution < -0.4 is 10.6 Å². The fourth-order valence-corrected chi connectivity index (χ4v) is 4.09. The van der Waals surface area contributed by atoms with Gasteiger partial charge < -0.3 is 15.6 Å². The topological polar surface area (TPSA) is 118 Å². The fourth-order valence-electron chi connectivity index (χ4n) is 2.89. The van der Waals surface area contributed by atoms with Crippen molar-refractivity contribution in [2.45, 2.75) is 6.92 Å². The molecule has 25 heavy (non-hydrogen) atoms. The van der Waals surface area contributed by atoms with Gasteiger partial charge in [-0.2, -0.15) is 0 Å². The Morgan fingerprint density at radius 2 is 1.96 bits per heavy atom. The molecule has 0 amide bonds. The van der Waals surface area contributed by atoms with E-state index in [-0.39, 0.29) is 17.3 Å².